The van der Waals surface area contributed by atoms with Gasteiger partial charge in [0.05, 0.1) is 11.0 Å². The van der Waals surface area contributed by atoms with Gasteiger partial charge in [0.15, 0.2) is 0 Å². The van der Waals surface area contributed by atoms with Gasteiger partial charge in [-0.05, 0) is 50.4 Å². The van der Waals surface area contributed by atoms with Gasteiger partial charge < -0.3 is 10.2 Å². The van der Waals surface area contributed by atoms with Gasteiger partial charge in [0.2, 0.25) is 0 Å². The summed E-state index contributed by atoms with van der Waals surface area (Å²) in [7, 11) is 0. The number of carbonyl (C=O) groups is 1. The molecule has 0 radical (unpaired) electrons. The molecule has 2 fully saturated rings. The van der Waals surface area contributed by atoms with E-state index >= 15 is 0 Å². The summed E-state index contributed by atoms with van der Waals surface area (Å²) in [5.41, 5.74) is -1.38. The minimum absolute atomic E-state index is 0.401. The van der Waals surface area contributed by atoms with Crippen molar-refractivity contribution in [3.63, 3.8) is 0 Å². The van der Waals surface area contributed by atoms with Crippen LogP contribution in [0.5, 0.6) is 0 Å². The molecular weight excluding hydrogens is 204 g/mol. The first-order chi connectivity index (χ1) is 7.39. The minimum atomic E-state index is -0.715. The zero-order valence-corrected chi connectivity index (χ0v) is 10.2. The summed E-state index contributed by atoms with van der Waals surface area (Å²) in [6.45, 7) is 4.10. The Morgan fingerprint density at radius 2 is 2.06 bits per heavy atom. The summed E-state index contributed by atoms with van der Waals surface area (Å²) in [5.74, 6) is 0.221. The van der Waals surface area contributed by atoms with Crippen LogP contribution < -0.4 is 0 Å². The lowest BCUT2D eigenvalue weighted by Crippen LogP contribution is -2.51. The van der Waals surface area contributed by atoms with Crippen molar-refractivity contribution in [1.29, 1.82) is 0 Å². The molecule has 4 unspecified atom stereocenters. The van der Waals surface area contributed by atoms with E-state index in [1.165, 1.54) is 0 Å². The Bertz CT molecular complexity index is 298. The van der Waals surface area contributed by atoms with Crippen LogP contribution in [0, 0.1) is 17.3 Å². The maximum atomic E-state index is 11.5. The highest BCUT2D eigenvalue weighted by atomic mass is 16.4. The van der Waals surface area contributed by atoms with Crippen molar-refractivity contribution < 1.29 is 15.0 Å². The molecule has 3 nitrogen and oxygen atoms in total. The molecule has 0 spiro atoms. The lowest BCUT2D eigenvalue weighted by molar-refractivity contribution is -0.168. The fourth-order valence-electron chi connectivity index (χ4n) is 4.14. The van der Waals surface area contributed by atoms with E-state index in [4.69, 9.17) is 0 Å². The van der Waals surface area contributed by atoms with E-state index in [1.54, 1.807) is 0 Å². The van der Waals surface area contributed by atoms with E-state index in [0.29, 0.717) is 24.7 Å². The first-order valence-corrected chi connectivity index (χ1v) is 6.35. The van der Waals surface area contributed by atoms with Gasteiger partial charge in [-0.25, -0.2) is 0 Å². The highest BCUT2D eigenvalue weighted by molar-refractivity contribution is 5.75. The quantitative estimate of drug-likeness (QED) is 0.760. The highest BCUT2D eigenvalue weighted by Gasteiger charge is 2.53. The molecule has 2 bridgehead atoms. The van der Waals surface area contributed by atoms with Crippen molar-refractivity contribution >= 4 is 5.97 Å². The molecule has 0 aromatic carbocycles. The van der Waals surface area contributed by atoms with Crippen LogP contribution in [0.1, 0.15) is 52.4 Å². The first-order valence-electron chi connectivity index (χ1n) is 6.35. The fourth-order valence-corrected chi connectivity index (χ4v) is 4.14. The summed E-state index contributed by atoms with van der Waals surface area (Å²) < 4.78 is 0. The predicted molar refractivity (Wildman–Crippen MR) is 61.0 cm³/mol. The topological polar surface area (TPSA) is 57.5 Å². The SMILES string of the molecule is CCC1(C(=O)O)CC2CC(C)CC(O)(C2)C1. The summed E-state index contributed by atoms with van der Waals surface area (Å²) in [5, 5.41) is 19.9. The average molecular weight is 226 g/mol. The highest BCUT2D eigenvalue weighted by Crippen LogP contribution is 2.53. The number of hydrogen-bond acceptors (Lipinski definition) is 2. The molecule has 2 aliphatic carbocycles. The van der Waals surface area contributed by atoms with Crippen LogP contribution in [-0.2, 0) is 4.79 Å². The summed E-state index contributed by atoms with van der Waals surface area (Å²) >= 11 is 0. The minimum Gasteiger partial charge on any atom is -0.481 e. The first kappa shape index (κ1) is 11.9. The fraction of sp³-hybridized carbons (Fsp3) is 0.923. The number of fused-ring (bicyclic) bond motifs is 2. The summed E-state index contributed by atoms with van der Waals surface area (Å²) in [4.78, 5) is 11.5. The van der Waals surface area contributed by atoms with Gasteiger partial charge in [0.25, 0.3) is 0 Å². The van der Waals surface area contributed by atoms with Crippen molar-refractivity contribution in [1.82, 2.24) is 0 Å². The van der Waals surface area contributed by atoms with Gasteiger partial charge in [0.1, 0.15) is 0 Å². The summed E-state index contributed by atoms with van der Waals surface area (Å²) in [6, 6.07) is 0. The number of aliphatic hydroxyl groups is 1. The Labute approximate surface area is 96.9 Å². The number of carboxylic acid groups (broad SMARTS) is 1. The van der Waals surface area contributed by atoms with E-state index < -0.39 is 17.0 Å². The smallest absolute Gasteiger partial charge is 0.309 e. The van der Waals surface area contributed by atoms with Crippen LogP contribution in [0.25, 0.3) is 0 Å². The van der Waals surface area contributed by atoms with Gasteiger partial charge in [0, 0.05) is 0 Å². The zero-order chi connectivity index (χ0) is 12.0. The van der Waals surface area contributed by atoms with Crippen LogP contribution in [-0.4, -0.2) is 21.8 Å². The largest absolute Gasteiger partial charge is 0.481 e. The number of hydrogen-bond donors (Lipinski definition) is 2. The van der Waals surface area contributed by atoms with Gasteiger partial charge >= 0.3 is 5.97 Å². The number of rotatable bonds is 2. The molecule has 16 heavy (non-hydrogen) atoms. The second-order valence-corrected chi connectivity index (χ2v) is 6.16. The lowest BCUT2D eigenvalue weighted by Gasteiger charge is -2.51. The van der Waals surface area contributed by atoms with Gasteiger partial charge in [-0.15, -0.1) is 0 Å². The third kappa shape index (κ3) is 1.86. The number of aliphatic carboxylic acids is 1. The van der Waals surface area contributed by atoms with Crippen LogP contribution in [0.15, 0.2) is 0 Å². The predicted octanol–water partition coefficient (Wildman–Crippen LogP) is 2.43. The molecule has 2 saturated carbocycles. The zero-order valence-electron chi connectivity index (χ0n) is 10.2. The second-order valence-electron chi connectivity index (χ2n) is 6.16. The lowest BCUT2D eigenvalue weighted by atomic mass is 9.56. The van der Waals surface area contributed by atoms with Crippen LogP contribution in [0.4, 0.5) is 0 Å². The number of carboxylic acids is 1. The Morgan fingerprint density at radius 1 is 1.38 bits per heavy atom. The molecule has 0 aromatic rings. The third-order valence-electron chi connectivity index (χ3n) is 4.61. The van der Waals surface area contributed by atoms with Crippen LogP contribution >= 0.6 is 0 Å². The van der Waals surface area contributed by atoms with Gasteiger partial charge in [-0.1, -0.05) is 13.8 Å². The average Bonchev–Trinajstić information content (AvgIpc) is 2.13. The Balaban J connectivity index is 2.26. The summed E-state index contributed by atoms with van der Waals surface area (Å²) in [6.07, 6.45) is 4.51. The normalized spacial score (nSPS) is 47.7. The standard InChI is InChI=1S/C13H22O3/c1-3-12(11(14)15)6-10-4-9(2)5-13(16,7-10)8-12/h9-10,16H,3-8H2,1-2H3,(H,14,15). The Kier molecular flexibility index (Phi) is 2.77. The molecule has 0 amide bonds. The van der Waals surface area contributed by atoms with Crippen LogP contribution in [0.3, 0.4) is 0 Å². The maximum Gasteiger partial charge on any atom is 0.309 e. The van der Waals surface area contributed by atoms with E-state index in [-0.39, 0.29) is 0 Å². The van der Waals surface area contributed by atoms with Crippen molar-refractivity contribution in [2.24, 2.45) is 17.3 Å². The molecule has 2 N–H and O–H groups in total. The molecule has 4 atom stereocenters. The van der Waals surface area contributed by atoms with E-state index in [9.17, 15) is 15.0 Å². The van der Waals surface area contributed by atoms with Crippen molar-refractivity contribution in [3.05, 3.63) is 0 Å². The van der Waals surface area contributed by atoms with Crippen molar-refractivity contribution in [2.45, 2.75) is 58.0 Å². The molecule has 0 aromatic heterocycles. The van der Waals surface area contributed by atoms with Gasteiger partial charge in [-0.3, -0.25) is 4.79 Å². The Hall–Kier alpha value is -0.570. The Morgan fingerprint density at radius 3 is 2.56 bits per heavy atom. The third-order valence-corrected chi connectivity index (χ3v) is 4.61. The molecular formula is C13H22O3. The molecule has 0 heterocycles. The van der Waals surface area contributed by atoms with Gasteiger partial charge in [-0.2, -0.15) is 0 Å². The van der Waals surface area contributed by atoms with Crippen molar-refractivity contribution in [2.75, 3.05) is 0 Å². The molecule has 3 heteroatoms. The van der Waals surface area contributed by atoms with Crippen LogP contribution in [0.2, 0.25) is 0 Å². The molecule has 0 aliphatic heterocycles. The molecule has 2 rings (SSSR count). The van der Waals surface area contributed by atoms with E-state index in [0.717, 1.165) is 25.7 Å². The monoisotopic (exact) mass is 226 g/mol. The maximum absolute atomic E-state index is 11.5. The second kappa shape index (κ2) is 3.73. The molecule has 2 aliphatic rings. The van der Waals surface area contributed by atoms with E-state index in [2.05, 4.69) is 6.92 Å². The molecule has 0 saturated heterocycles. The molecule has 92 valence electrons. The van der Waals surface area contributed by atoms with Crippen molar-refractivity contribution in [3.8, 4) is 0 Å². The van der Waals surface area contributed by atoms with E-state index in [1.807, 2.05) is 6.92 Å².